The fraction of sp³-hybridized carbons (Fsp3) is 0.500. The third-order valence-electron chi connectivity index (χ3n) is 2.75. The molecule has 1 aliphatic rings. The van der Waals surface area contributed by atoms with Gasteiger partial charge in [-0.05, 0) is 12.8 Å². The second kappa shape index (κ2) is 3.70. The van der Waals surface area contributed by atoms with Gasteiger partial charge < -0.3 is 5.11 Å². The SMILES string of the molecule is [2H]c1c([2H])c([2H])c([C@](O)(F)C2CCCC2)c([2H])c1[2H]. The second-order valence-electron chi connectivity index (χ2n) is 3.65. The van der Waals surface area contributed by atoms with Crippen molar-refractivity contribution < 1.29 is 16.4 Å². The molecule has 0 unspecified atom stereocenters. The van der Waals surface area contributed by atoms with Crippen LogP contribution >= 0.6 is 0 Å². The quantitative estimate of drug-likeness (QED) is 0.776. The van der Waals surface area contributed by atoms with Gasteiger partial charge in [0.15, 0.2) is 0 Å². The van der Waals surface area contributed by atoms with Crippen LogP contribution in [0.5, 0.6) is 0 Å². The average molecular weight is 199 g/mol. The Balaban J connectivity index is 2.61. The van der Waals surface area contributed by atoms with Gasteiger partial charge in [0.2, 0.25) is 5.85 Å². The summed E-state index contributed by atoms with van der Waals surface area (Å²) in [7, 11) is 0. The maximum absolute atomic E-state index is 14.6. The van der Waals surface area contributed by atoms with E-state index in [1.807, 2.05) is 0 Å². The lowest BCUT2D eigenvalue weighted by Gasteiger charge is -2.25. The molecule has 1 aromatic carbocycles. The lowest BCUT2D eigenvalue weighted by Crippen LogP contribution is -2.28. The van der Waals surface area contributed by atoms with Crippen LogP contribution in [0.2, 0.25) is 0 Å². The molecule has 1 N–H and O–H groups in total. The first-order valence-corrected chi connectivity index (χ1v) is 4.77. The molecule has 0 heterocycles. The molecule has 2 rings (SSSR count). The summed E-state index contributed by atoms with van der Waals surface area (Å²) >= 11 is 0. The Morgan fingerprint density at radius 2 is 1.86 bits per heavy atom. The van der Waals surface area contributed by atoms with Gasteiger partial charge in [-0.2, -0.15) is 0 Å². The highest BCUT2D eigenvalue weighted by Gasteiger charge is 2.39. The molecule has 1 saturated carbocycles. The van der Waals surface area contributed by atoms with E-state index in [-0.39, 0.29) is 0 Å². The number of rotatable bonds is 2. The lowest BCUT2D eigenvalue weighted by atomic mass is 9.92. The van der Waals surface area contributed by atoms with Gasteiger partial charge in [0.25, 0.3) is 0 Å². The number of benzene rings is 1. The molecule has 0 aromatic heterocycles. The van der Waals surface area contributed by atoms with Crippen molar-refractivity contribution >= 4 is 0 Å². The molecule has 76 valence electrons. The summed E-state index contributed by atoms with van der Waals surface area (Å²) in [4.78, 5) is 0. The molecule has 1 nitrogen and oxygen atoms in total. The summed E-state index contributed by atoms with van der Waals surface area (Å²) in [6.45, 7) is 0. The molecule has 1 aliphatic carbocycles. The molecule has 1 fully saturated rings. The highest BCUT2D eigenvalue weighted by molar-refractivity contribution is 5.20. The fourth-order valence-electron chi connectivity index (χ4n) is 1.94. The van der Waals surface area contributed by atoms with E-state index in [0.717, 1.165) is 12.8 Å². The fourth-order valence-corrected chi connectivity index (χ4v) is 1.94. The van der Waals surface area contributed by atoms with Crippen LogP contribution in [0.4, 0.5) is 4.39 Å². The summed E-state index contributed by atoms with van der Waals surface area (Å²) < 4.78 is 52.4. The predicted molar refractivity (Wildman–Crippen MR) is 53.4 cm³/mol. The van der Waals surface area contributed by atoms with Crippen LogP contribution in [-0.2, 0) is 5.85 Å². The van der Waals surface area contributed by atoms with Crippen molar-refractivity contribution in [2.45, 2.75) is 31.5 Å². The van der Waals surface area contributed by atoms with E-state index in [1.54, 1.807) is 0 Å². The normalized spacial score (nSPS) is 27.1. The molecule has 0 spiro atoms. The molecule has 0 saturated heterocycles. The summed E-state index contributed by atoms with van der Waals surface area (Å²) in [5, 5.41) is 10.1. The minimum absolute atomic E-state index is 0.454. The number of hydrogen-bond donors (Lipinski definition) is 1. The van der Waals surface area contributed by atoms with E-state index in [2.05, 4.69) is 0 Å². The van der Waals surface area contributed by atoms with Gasteiger partial charge >= 0.3 is 0 Å². The average Bonchev–Trinajstić information content (AvgIpc) is 2.88. The molecule has 14 heavy (non-hydrogen) atoms. The molecule has 0 amide bonds. The van der Waals surface area contributed by atoms with Gasteiger partial charge in [-0.3, -0.25) is 0 Å². The first-order chi connectivity index (χ1) is 8.78. The van der Waals surface area contributed by atoms with Crippen molar-refractivity contribution in [3.05, 3.63) is 35.8 Å². The minimum Gasteiger partial charge on any atom is -0.358 e. The number of halogens is 1. The molecule has 1 aromatic rings. The van der Waals surface area contributed by atoms with Crippen LogP contribution in [0, 0.1) is 5.92 Å². The second-order valence-corrected chi connectivity index (χ2v) is 3.65. The largest absolute Gasteiger partial charge is 0.358 e. The van der Waals surface area contributed by atoms with Crippen molar-refractivity contribution in [2.75, 3.05) is 0 Å². The van der Waals surface area contributed by atoms with Crippen molar-refractivity contribution in [1.82, 2.24) is 0 Å². The zero-order chi connectivity index (χ0) is 14.4. The van der Waals surface area contributed by atoms with Gasteiger partial charge in [-0.15, -0.1) is 0 Å². The highest BCUT2D eigenvalue weighted by atomic mass is 19.2. The minimum atomic E-state index is -2.87. The number of alkyl halides is 1. The van der Waals surface area contributed by atoms with E-state index in [9.17, 15) is 9.50 Å². The van der Waals surface area contributed by atoms with Crippen LogP contribution in [0.3, 0.4) is 0 Å². The zero-order valence-electron chi connectivity index (χ0n) is 12.7. The van der Waals surface area contributed by atoms with Crippen LogP contribution in [0.25, 0.3) is 0 Å². The molecule has 0 bridgehead atoms. The maximum atomic E-state index is 14.6. The van der Waals surface area contributed by atoms with Gasteiger partial charge in [-0.25, -0.2) is 4.39 Å². The van der Waals surface area contributed by atoms with Gasteiger partial charge in [-0.1, -0.05) is 43.1 Å². The van der Waals surface area contributed by atoms with Crippen molar-refractivity contribution in [3.8, 4) is 0 Å². The van der Waals surface area contributed by atoms with E-state index in [0.29, 0.717) is 12.8 Å². The first-order valence-electron chi connectivity index (χ1n) is 7.27. The standard InChI is InChI=1S/C12H15FO/c13-12(14,11-8-4-5-9-11)10-6-2-1-3-7-10/h1-3,6-7,11,14H,4-5,8-9H2/t12-/m1/s1/i1D,2D,3D,6D,7D. The van der Waals surface area contributed by atoms with E-state index in [4.69, 9.17) is 6.85 Å². The third-order valence-corrected chi connectivity index (χ3v) is 2.75. The predicted octanol–water partition coefficient (Wildman–Crippen LogP) is 2.99. The van der Waals surface area contributed by atoms with Crippen molar-refractivity contribution in [3.63, 3.8) is 0 Å². The summed E-state index contributed by atoms with van der Waals surface area (Å²) in [6.07, 6.45) is 2.45. The smallest absolute Gasteiger partial charge is 0.235 e. The van der Waals surface area contributed by atoms with Crippen LogP contribution < -0.4 is 0 Å². The number of aliphatic hydroxyl groups is 1. The molecular weight excluding hydrogens is 179 g/mol. The Labute approximate surface area is 90.6 Å². The first kappa shape index (κ1) is 5.26. The van der Waals surface area contributed by atoms with E-state index < -0.39 is 47.5 Å². The highest BCUT2D eigenvalue weighted by Crippen LogP contribution is 2.41. The Morgan fingerprint density at radius 1 is 1.29 bits per heavy atom. The maximum Gasteiger partial charge on any atom is 0.235 e. The van der Waals surface area contributed by atoms with Gasteiger partial charge in [0, 0.05) is 11.5 Å². The summed E-state index contributed by atoms with van der Waals surface area (Å²) in [5.74, 6) is -3.58. The molecule has 2 heteroatoms. The zero-order valence-corrected chi connectivity index (χ0v) is 7.73. The third kappa shape index (κ3) is 1.67. The molecule has 0 radical (unpaired) electrons. The monoisotopic (exact) mass is 199 g/mol. The lowest BCUT2D eigenvalue weighted by molar-refractivity contribution is -0.142. The molecule has 0 aliphatic heterocycles. The summed E-state index contributed by atoms with van der Waals surface area (Å²) in [5.41, 5.74) is -0.634. The Morgan fingerprint density at radius 3 is 2.43 bits per heavy atom. The Bertz CT molecular complexity index is 482. The van der Waals surface area contributed by atoms with Crippen LogP contribution in [0.1, 0.15) is 38.1 Å². The van der Waals surface area contributed by atoms with Crippen LogP contribution in [-0.4, -0.2) is 5.11 Å². The molecule has 1 atom stereocenters. The van der Waals surface area contributed by atoms with Gasteiger partial charge in [0.1, 0.15) is 0 Å². The van der Waals surface area contributed by atoms with E-state index in [1.165, 1.54) is 0 Å². The Hall–Kier alpha value is -0.890. The number of hydrogen-bond acceptors (Lipinski definition) is 1. The van der Waals surface area contributed by atoms with Crippen molar-refractivity contribution in [2.24, 2.45) is 5.92 Å². The summed E-state index contributed by atoms with van der Waals surface area (Å²) in [6, 6.07) is -3.15. The van der Waals surface area contributed by atoms with E-state index >= 15 is 0 Å². The van der Waals surface area contributed by atoms with Gasteiger partial charge in [0.05, 0.1) is 6.85 Å². The van der Waals surface area contributed by atoms with Crippen LogP contribution in [0.15, 0.2) is 30.2 Å². The molecular formula is C12H15FO. The Kier molecular flexibility index (Phi) is 1.39. The topological polar surface area (TPSA) is 20.2 Å². The van der Waals surface area contributed by atoms with Crippen molar-refractivity contribution in [1.29, 1.82) is 0 Å².